The minimum Gasteiger partial charge on any atom is -0.356 e. The number of aromatic nitrogens is 2. The lowest BCUT2D eigenvalue weighted by atomic mass is 9.99. The van der Waals surface area contributed by atoms with Crippen molar-refractivity contribution in [3.8, 4) is 22.5 Å². The third-order valence-corrected chi connectivity index (χ3v) is 6.49. The molecule has 2 fully saturated rings. The molecule has 2 aliphatic rings. The molecule has 1 amide bonds. The Morgan fingerprint density at radius 2 is 1.77 bits per heavy atom. The van der Waals surface area contributed by atoms with Gasteiger partial charge in [-0.25, -0.2) is 0 Å². The van der Waals surface area contributed by atoms with Crippen molar-refractivity contribution in [2.75, 3.05) is 26.2 Å². The number of benzene rings is 1. The number of hydrogen-bond donors (Lipinski definition) is 1. The van der Waals surface area contributed by atoms with Gasteiger partial charge in [0.1, 0.15) is 5.69 Å². The average Bonchev–Trinajstić information content (AvgIpc) is 3.50. The van der Waals surface area contributed by atoms with Crippen LogP contribution < -0.4 is 0 Å². The van der Waals surface area contributed by atoms with E-state index in [1.54, 1.807) is 6.20 Å². The van der Waals surface area contributed by atoms with E-state index in [9.17, 15) is 4.79 Å². The maximum absolute atomic E-state index is 13.1. The van der Waals surface area contributed by atoms with Gasteiger partial charge in [-0.05, 0) is 50.4 Å². The second kappa shape index (κ2) is 8.48. The summed E-state index contributed by atoms with van der Waals surface area (Å²) in [7, 11) is 0. The van der Waals surface area contributed by atoms with E-state index in [0.29, 0.717) is 17.5 Å². The summed E-state index contributed by atoms with van der Waals surface area (Å²) >= 11 is 0. The minimum atomic E-state index is 0.0686. The quantitative estimate of drug-likeness (QED) is 0.699. The van der Waals surface area contributed by atoms with Gasteiger partial charge in [0.2, 0.25) is 0 Å². The lowest BCUT2D eigenvalue weighted by Gasteiger charge is -2.40. The van der Waals surface area contributed by atoms with Crippen LogP contribution in [0.3, 0.4) is 0 Å². The molecule has 1 aromatic carbocycles. The van der Waals surface area contributed by atoms with Gasteiger partial charge >= 0.3 is 0 Å². The van der Waals surface area contributed by atoms with Crippen molar-refractivity contribution in [2.24, 2.45) is 0 Å². The molecule has 6 heteroatoms. The Kier molecular flexibility index (Phi) is 5.41. The van der Waals surface area contributed by atoms with Crippen molar-refractivity contribution >= 4 is 5.91 Å². The molecule has 5 rings (SSSR count). The third kappa shape index (κ3) is 3.79. The first-order valence-electron chi connectivity index (χ1n) is 11.0. The monoisotopic (exact) mass is 404 g/mol. The number of nitrogens with one attached hydrogen (secondary N) is 1. The van der Waals surface area contributed by atoms with Crippen LogP contribution in [0.25, 0.3) is 22.5 Å². The molecule has 4 heterocycles. The van der Waals surface area contributed by atoms with E-state index >= 15 is 0 Å². The molecule has 0 radical (unpaired) electrons. The Morgan fingerprint density at radius 3 is 2.53 bits per heavy atom. The molecular weight excluding hydrogens is 376 g/mol. The second-order valence-electron chi connectivity index (χ2n) is 8.36. The average molecular weight is 405 g/mol. The Hall–Kier alpha value is -2.86. The number of rotatable bonds is 4. The zero-order valence-electron chi connectivity index (χ0n) is 17.2. The maximum atomic E-state index is 13.1. The van der Waals surface area contributed by atoms with E-state index in [-0.39, 0.29) is 5.91 Å². The van der Waals surface area contributed by atoms with Crippen molar-refractivity contribution in [1.82, 2.24) is 19.9 Å². The van der Waals surface area contributed by atoms with Crippen LogP contribution in [0.5, 0.6) is 0 Å². The van der Waals surface area contributed by atoms with Gasteiger partial charge in [-0.1, -0.05) is 41.9 Å². The minimum absolute atomic E-state index is 0.0686. The van der Waals surface area contributed by atoms with Crippen LogP contribution in [-0.2, 0) is 0 Å². The highest BCUT2D eigenvalue weighted by Gasteiger charge is 2.28. The largest absolute Gasteiger partial charge is 0.356 e. The maximum Gasteiger partial charge on any atom is 0.270 e. The molecule has 2 saturated heterocycles. The standard InChI is InChI=1S/C24H28N4O2/c29-24(28-13-9-20(10-14-28)27-11-5-2-6-12-27)22-15-19(16-25-22)23-21(17-26-30-23)18-7-3-1-4-8-18/h1,3-4,7-8,15-17,20,25H,2,5-6,9-14H2. The van der Waals surface area contributed by atoms with Gasteiger partial charge < -0.3 is 19.3 Å². The molecule has 30 heavy (non-hydrogen) atoms. The van der Waals surface area contributed by atoms with Gasteiger partial charge in [-0.15, -0.1) is 0 Å². The molecule has 6 nitrogen and oxygen atoms in total. The van der Waals surface area contributed by atoms with Crippen LogP contribution in [0.1, 0.15) is 42.6 Å². The van der Waals surface area contributed by atoms with Crippen LogP contribution in [0.4, 0.5) is 0 Å². The summed E-state index contributed by atoms with van der Waals surface area (Å²) in [6.07, 6.45) is 9.69. The van der Waals surface area contributed by atoms with Crippen LogP contribution in [0, 0.1) is 0 Å². The van der Waals surface area contributed by atoms with Gasteiger partial charge in [0.05, 0.1) is 6.20 Å². The Bertz CT molecular complexity index is 980. The predicted octanol–water partition coefficient (Wildman–Crippen LogP) is 4.43. The number of hydrogen-bond acceptors (Lipinski definition) is 4. The Morgan fingerprint density at radius 1 is 1.00 bits per heavy atom. The SMILES string of the molecule is O=C(c1cc(-c2oncc2-c2ccccc2)c[nH]1)N1CCC(N2CCCCC2)CC1. The molecule has 0 aliphatic carbocycles. The summed E-state index contributed by atoms with van der Waals surface area (Å²) < 4.78 is 5.52. The van der Waals surface area contributed by atoms with Gasteiger partial charge in [0, 0.05) is 36.5 Å². The fourth-order valence-electron chi connectivity index (χ4n) is 4.81. The summed E-state index contributed by atoms with van der Waals surface area (Å²) in [5.74, 6) is 0.749. The fourth-order valence-corrected chi connectivity index (χ4v) is 4.81. The second-order valence-corrected chi connectivity index (χ2v) is 8.36. The summed E-state index contributed by atoms with van der Waals surface area (Å²) in [6, 6.07) is 12.5. The van der Waals surface area contributed by atoms with Crippen molar-refractivity contribution in [3.63, 3.8) is 0 Å². The molecule has 0 bridgehead atoms. The van der Waals surface area contributed by atoms with E-state index in [4.69, 9.17) is 4.52 Å². The van der Waals surface area contributed by atoms with Gasteiger partial charge in [0.25, 0.3) is 5.91 Å². The fraction of sp³-hybridized carbons (Fsp3) is 0.417. The number of amides is 1. The van der Waals surface area contributed by atoms with Gasteiger partial charge in [-0.2, -0.15) is 0 Å². The number of nitrogens with zero attached hydrogens (tertiary/aromatic N) is 3. The number of carbonyl (C=O) groups is 1. The first kappa shape index (κ1) is 19.1. The molecular formula is C24H28N4O2. The zero-order valence-corrected chi connectivity index (χ0v) is 17.2. The lowest BCUT2D eigenvalue weighted by Crippen LogP contribution is -2.48. The molecule has 0 atom stereocenters. The summed E-state index contributed by atoms with van der Waals surface area (Å²) in [5.41, 5.74) is 3.42. The van der Waals surface area contributed by atoms with E-state index in [0.717, 1.165) is 42.6 Å². The van der Waals surface area contributed by atoms with E-state index in [1.807, 2.05) is 47.5 Å². The van der Waals surface area contributed by atoms with Crippen LogP contribution in [0.2, 0.25) is 0 Å². The van der Waals surface area contributed by atoms with Crippen molar-refractivity contribution in [2.45, 2.75) is 38.1 Å². The number of carbonyl (C=O) groups excluding carboxylic acids is 1. The Labute approximate surface area is 176 Å². The number of piperidine rings is 2. The molecule has 2 aliphatic heterocycles. The Balaban J connectivity index is 1.26. The molecule has 0 unspecified atom stereocenters. The summed E-state index contributed by atoms with van der Waals surface area (Å²) in [4.78, 5) is 20.8. The molecule has 3 aromatic rings. The lowest BCUT2D eigenvalue weighted by molar-refractivity contribution is 0.0585. The predicted molar refractivity (Wildman–Crippen MR) is 116 cm³/mol. The molecule has 1 N–H and O–H groups in total. The first-order valence-corrected chi connectivity index (χ1v) is 11.0. The van der Waals surface area contributed by atoms with Crippen molar-refractivity contribution in [1.29, 1.82) is 0 Å². The number of likely N-dealkylation sites (tertiary alicyclic amines) is 2. The highest BCUT2D eigenvalue weighted by molar-refractivity contribution is 5.94. The van der Waals surface area contributed by atoms with Crippen molar-refractivity contribution in [3.05, 3.63) is 54.5 Å². The smallest absolute Gasteiger partial charge is 0.270 e. The topological polar surface area (TPSA) is 65.4 Å². The summed E-state index contributed by atoms with van der Waals surface area (Å²) in [5, 5.41) is 3.98. The van der Waals surface area contributed by atoms with E-state index in [1.165, 1.54) is 32.4 Å². The highest BCUT2D eigenvalue weighted by atomic mass is 16.5. The highest BCUT2D eigenvalue weighted by Crippen LogP contribution is 2.32. The molecule has 2 aromatic heterocycles. The van der Waals surface area contributed by atoms with Crippen LogP contribution in [0.15, 0.2) is 53.3 Å². The van der Waals surface area contributed by atoms with Crippen LogP contribution in [-0.4, -0.2) is 58.1 Å². The molecule has 0 spiro atoms. The van der Waals surface area contributed by atoms with E-state index < -0.39 is 0 Å². The van der Waals surface area contributed by atoms with Gasteiger partial charge in [0.15, 0.2) is 5.76 Å². The van der Waals surface area contributed by atoms with Gasteiger partial charge in [-0.3, -0.25) is 4.79 Å². The third-order valence-electron chi connectivity index (χ3n) is 6.49. The zero-order chi connectivity index (χ0) is 20.3. The molecule has 0 saturated carbocycles. The number of aromatic amines is 1. The van der Waals surface area contributed by atoms with E-state index in [2.05, 4.69) is 15.0 Å². The van der Waals surface area contributed by atoms with Crippen molar-refractivity contribution < 1.29 is 9.32 Å². The number of H-pyrrole nitrogens is 1. The molecule has 156 valence electrons. The summed E-state index contributed by atoms with van der Waals surface area (Å²) in [6.45, 7) is 4.09. The van der Waals surface area contributed by atoms with Crippen LogP contribution >= 0.6 is 0 Å². The normalized spacial score (nSPS) is 18.6. The first-order chi connectivity index (χ1) is 14.8.